The summed E-state index contributed by atoms with van der Waals surface area (Å²) < 4.78 is 5.32. The number of carbonyl (C=O) groups is 2. The highest BCUT2D eigenvalue weighted by molar-refractivity contribution is 7.98. The number of ether oxygens (including phenoxy) is 1. The van der Waals surface area contributed by atoms with Crippen molar-refractivity contribution in [2.75, 3.05) is 25.1 Å². The molecule has 2 N–H and O–H groups in total. The zero-order chi connectivity index (χ0) is 27.5. The molecule has 0 fully saturated rings. The van der Waals surface area contributed by atoms with Gasteiger partial charge in [0.2, 0.25) is 5.69 Å². The molecule has 196 valence electrons. The van der Waals surface area contributed by atoms with E-state index >= 15 is 0 Å². The number of nitriles is 1. The Morgan fingerprint density at radius 1 is 1.27 bits per heavy atom. The number of Topliss-reactive ketones (excluding diaryl/α,β-unsaturated/α-hetero) is 1. The lowest BCUT2D eigenvalue weighted by Crippen LogP contribution is -2.38. The summed E-state index contributed by atoms with van der Waals surface area (Å²) in [4.78, 5) is 33.5. The van der Waals surface area contributed by atoms with Crippen LogP contribution in [0.4, 0.5) is 11.5 Å². The van der Waals surface area contributed by atoms with E-state index in [1.54, 1.807) is 18.9 Å². The Hall–Kier alpha value is -3.40. The second-order valence-electron chi connectivity index (χ2n) is 9.19. The molecule has 0 aliphatic heterocycles. The van der Waals surface area contributed by atoms with Crippen LogP contribution in [0.2, 0.25) is 0 Å². The van der Waals surface area contributed by atoms with Gasteiger partial charge < -0.3 is 20.2 Å². The summed E-state index contributed by atoms with van der Waals surface area (Å²) in [6.45, 7) is 15.4. The maximum Gasteiger partial charge on any atom is 0.323 e. The number of anilines is 1. The van der Waals surface area contributed by atoms with Gasteiger partial charge in [0.1, 0.15) is 35.3 Å². The van der Waals surface area contributed by atoms with E-state index in [4.69, 9.17) is 22.0 Å². The first kappa shape index (κ1) is 29.8. The summed E-state index contributed by atoms with van der Waals surface area (Å²) >= 11 is 1.45. The number of aromatic nitrogens is 1. The minimum atomic E-state index is -0.685. The number of likely N-dealkylation sites (N-methyl/N-ethyl adjacent to an activating group) is 1. The number of benzene rings is 1. The first-order valence-corrected chi connectivity index (χ1v) is 13.3. The molecule has 1 heterocycles. The SMILES string of the molecule is [C-]#[N+]c1c(N(C)CCOC(=O)[C@@H](N)C(C)C)nc(SCc2ccc(CCC(C)=O)cc2)c(C#N)c1CC. The molecule has 2 aromatic rings. The van der Waals surface area contributed by atoms with Gasteiger partial charge in [0, 0.05) is 19.2 Å². The number of hydrogen-bond acceptors (Lipinski definition) is 8. The topological polar surface area (TPSA) is 114 Å². The minimum Gasteiger partial charge on any atom is -0.463 e. The number of nitrogens with two attached hydrogens (primary N) is 1. The third-order valence-corrected chi connectivity index (χ3v) is 7.03. The van der Waals surface area contributed by atoms with E-state index in [2.05, 4.69) is 10.9 Å². The zero-order valence-corrected chi connectivity index (χ0v) is 23.0. The monoisotopic (exact) mass is 521 g/mol. The number of thioether (sulfide) groups is 1. The Morgan fingerprint density at radius 2 is 1.92 bits per heavy atom. The van der Waals surface area contributed by atoms with Crippen LogP contribution in [-0.4, -0.2) is 43.0 Å². The van der Waals surface area contributed by atoms with Crippen molar-refractivity contribution in [2.45, 2.75) is 63.8 Å². The molecular weight excluding hydrogens is 486 g/mol. The number of rotatable bonds is 13. The fourth-order valence-corrected chi connectivity index (χ4v) is 4.53. The molecule has 0 bridgehead atoms. The van der Waals surface area contributed by atoms with E-state index in [1.807, 2.05) is 45.0 Å². The Labute approximate surface area is 224 Å². The predicted molar refractivity (Wildman–Crippen MR) is 147 cm³/mol. The lowest BCUT2D eigenvalue weighted by molar-refractivity contribution is -0.145. The lowest BCUT2D eigenvalue weighted by atomic mass is 10.1. The number of ketones is 1. The number of esters is 1. The van der Waals surface area contributed by atoms with Crippen LogP contribution in [0.25, 0.3) is 4.85 Å². The summed E-state index contributed by atoms with van der Waals surface area (Å²) in [6.07, 6.45) is 1.76. The van der Waals surface area contributed by atoms with Gasteiger partial charge in [-0.25, -0.2) is 9.83 Å². The lowest BCUT2D eigenvalue weighted by Gasteiger charge is -2.23. The number of pyridine rings is 1. The standard InChI is InChI=1S/C28H35N5O3S/c1-7-22-23(16-29)27(37-17-21-12-10-20(11-13-21)9-8-19(4)34)32-26(25(22)31-5)33(6)14-15-36-28(35)24(30)18(2)3/h10-13,18,24H,7-9,14-15,17,30H2,1-4,6H3/t24-/m0/s1. The quantitative estimate of drug-likeness (QED) is 0.226. The Kier molecular flexibility index (Phi) is 11.6. The van der Waals surface area contributed by atoms with Crippen LogP contribution in [0.5, 0.6) is 0 Å². The average Bonchev–Trinajstić information content (AvgIpc) is 2.89. The third kappa shape index (κ3) is 8.31. The van der Waals surface area contributed by atoms with Crippen LogP contribution in [0.15, 0.2) is 29.3 Å². The van der Waals surface area contributed by atoms with Gasteiger partial charge in [-0.2, -0.15) is 5.26 Å². The van der Waals surface area contributed by atoms with E-state index in [9.17, 15) is 14.9 Å². The number of nitrogens with zero attached hydrogens (tertiary/aromatic N) is 4. The van der Waals surface area contributed by atoms with Crippen LogP contribution >= 0.6 is 11.8 Å². The van der Waals surface area contributed by atoms with Crippen molar-refractivity contribution in [3.63, 3.8) is 0 Å². The maximum atomic E-state index is 12.1. The second kappa shape index (κ2) is 14.4. The first-order valence-electron chi connectivity index (χ1n) is 12.3. The maximum absolute atomic E-state index is 12.1. The van der Waals surface area contributed by atoms with Crippen molar-refractivity contribution in [2.24, 2.45) is 11.7 Å². The van der Waals surface area contributed by atoms with Gasteiger partial charge in [0.25, 0.3) is 0 Å². The smallest absolute Gasteiger partial charge is 0.323 e. The highest BCUT2D eigenvalue weighted by atomic mass is 32.2. The average molecular weight is 522 g/mol. The summed E-state index contributed by atoms with van der Waals surface area (Å²) in [5.74, 6) is 0.741. The van der Waals surface area contributed by atoms with Gasteiger partial charge in [-0.3, -0.25) is 4.79 Å². The normalized spacial score (nSPS) is 11.5. The van der Waals surface area contributed by atoms with Gasteiger partial charge in [-0.05, 0) is 42.4 Å². The molecule has 0 unspecified atom stereocenters. The van der Waals surface area contributed by atoms with E-state index in [0.717, 1.165) is 17.5 Å². The van der Waals surface area contributed by atoms with Crippen LogP contribution in [0, 0.1) is 23.8 Å². The van der Waals surface area contributed by atoms with Gasteiger partial charge in [0.15, 0.2) is 0 Å². The Balaban J connectivity index is 2.23. The molecule has 9 heteroatoms. The van der Waals surface area contributed by atoms with Gasteiger partial charge in [0.05, 0.1) is 18.7 Å². The van der Waals surface area contributed by atoms with Crippen molar-refractivity contribution in [1.29, 1.82) is 5.26 Å². The third-order valence-electron chi connectivity index (χ3n) is 5.99. The molecule has 8 nitrogen and oxygen atoms in total. The molecule has 1 atom stereocenters. The molecule has 1 aromatic carbocycles. The molecule has 0 radical (unpaired) electrons. The van der Waals surface area contributed by atoms with Crippen molar-refractivity contribution in [1.82, 2.24) is 4.98 Å². The highest BCUT2D eigenvalue weighted by Gasteiger charge is 2.23. The second-order valence-corrected chi connectivity index (χ2v) is 10.1. The number of hydrogen-bond donors (Lipinski definition) is 1. The summed E-state index contributed by atoms with van der Waals surface area (Å²) in [7, 11) is 1.78. The fraction of sp³-hybridized carbons (Fsp3) is 0.464. The molecule has 0 saturated heterocycles. The molecule has 37 heavy (non-hydrogen) atoms. The van der Waals surface area contributed by atoms with E-state index in [1.165, 1.54) is 11.8 Å². The summed E-state index contributed by atoms with van der Waals surface area (Å²) in [5, 5.41) is 10.5. The zero-order valence-electron chi connectivity index (χ0n) is 22.2. The van der Waals surface area contributed by atoms with Crippen molar-refractivity contribution in [3.8, 4) is 6.07 Å². The van der Waals surface area contributed by atoms with Gasteiger partial charge in [-0.1, -0.05) is 45.0 Å². The van der Waals surface area contributed by atoms with E-state index in [0.29, 0.717) is 52.8 Å². The molecule has 2 rings (SSSR count). The van der Waals surface area contributed by atoms with Crippen molar-refractivity contribution >= 4 is 35.0 Å². The fourth-order valence-electron chi connectivity index (χ4n) is 3.57. The molecule has 1 aromatic heterocycles. The van der Waals surface area contributed by atoms with Crippen molar-refractivity contribution in [3.05, 3.63) is 57.9 Å². The van der Waals surface area contributed by atoms with Gasteiger partial charge >= 0.3 is 5.97 Å². The molecule has 0 aliphatic carbocycles. The minimum absolute atomic E-state index is 0.0254. The van der Waals surface area contributed by atoms with Crippen LogP contribution in [0.3, 0.4) is 0 Å². The van der Waals surface area contributed by atoms with Crippen LogP contribution < -0.4 is 10.6 Å². The molecular formula is C28H35N5O3S. The van der Waals surface area contributed by atoms with Crippen molar-refractivity contribution < 1.29 is 14.3 Å². The first-order chi connectivity index (χ1) is 17.6. The summed E-state index contributed by atoms with van der Waals surface area (Å²) in [6, 6.07) is 9.64. The van der Waals surface area contributed by atoms with E-state index < -0.39 is 12.0 Å². The molecule has 0 amide bonds. The number of carbonyl (C=O) groups excluding carboxylic acids is 2. The van der Waals surface area contributed by atoms with E-state index in [-0.39, 0.29) is 18.3 Å². The Morgan fingerprint density at radius 3 is 2.46 bits per heavy atom. The van der Waals surface area contributed by atoms with Gasteiger partial charge in [-0.15, -0.1) is 11.8 Å². The largest absolute Gasteiger partial charge is 0.463 e. The predicted octanol–water partition coefficient (Wildman–Crippen LogP) is 4.84. The molecule has 0 aliphatic rings. The Bertz CT molecular complexity index is 1180. The van der Waals surface area contributed by atoms with Crippen LogP contribution in [0.1, 0.15) is 56.4 Å². The summed E-state index contributed by atoms with van der Waals surface area (Å²) in [5.41, 5.74) is 9.45. The molecule has 0 saturated carbocycles. The number of aryl methyl sites for hydroxylation is 1. The van der Waals surface area contributed by atoms with Crippen LogP contribution in [-0.2, 0) is 32.9 Å². The molecule has 0 spiro atoms. The highest BCUT2D eigenvalue weighted by Crippen LogP contribution is 2.38.